The molecule has 2 rings (SSSR count). The van der Waals surface area contributed by atoms with Crippen LogP contribution in [0.5, 0.6) is 5.75 Å². The number of hydrogen-bond donors (Lipinski definition) is 2. The van der Waals surface area contributed by atoms with Gasteiger partial charge in [-0.3, -0.25) is 4.79 Å². The number of rotatable bonds is 6. The maximum Gasteiger partial charge on any atom is 0.278 e. The first-order chi connectivity index (χ1) is 11.7. The molecule has 0 unspecified atom stereocenters. The van der Waals surface area contributed by atoms with Crippen LogP contribution in [0.15, 0.2) is 30.5 Å². The van der Waals surface area contributed by atoms with Gasteiger partial charge in [-0.2, -0.15) is 5.10 Å². The largest absolute Gasteiger partial charge is 0.504 e. The smallest absolute Gasteiger partial charge is 0.278 e. The molecular formula is C18H24FN3O3. The van der Waals surface area contributed by atoms with Crippen molar-refractivity contribution in [1.82, 2.24) is 14.7 Å². The zero-order valence-corrected chi connectivity index (χ0v) is 14.7. The Morgan fingerprint density at radius 2 is 1.92 bits per heavy atom. The van der Waals surface area contributed by atoms with Gasteiger partial charge in [0, 0.05) is 19.7 Å². The molecule has 0 radical (unpaired) electrons. The Kier molecular flexibility index (Phi) is 5.79. The molecule has 0 aliphatic carbocycles. The number of benzene rings is 1. The second-order valence-electron chi connectivity index (χ2n) is 7.15. The lowest BCUT2D eigenvalue weighted by atomic mass is 9.96. The lowest BCUT2D eigenvalue weighted by Crippen LogP contribution is -2.39. The molecule has 6 nitrogen and oxygen atoms in total. The lowest BCUT2D eigenvalue weighted by Gasteiger charge is -2.29. The summed E-state index contributed by atoms with van der Waals surface area (Å²) in [4.78, 5) is 14.4. The molecule has 1 heterocycles. The first kappa shape index (κ1) is 18.9. The van der Waals surface area contributed by atoms with Crippen LogP contribution in [0.2, 0.25) is 0 Å². The van der Waals surface area contributed by atoms with Gasteiger partial charge in [0.25, 0.3) is 5.91 Å². The standard InChI is InChI=1S/C18H24FN3O3/c1-18(2,3)12-21(9-4-10-23)17(25)16-15(24)11-22(20-16)14-7-5-13(19)6-8-14/h5-8,11,23-24H,4,9-10,12H2,1-3H3. The highest BCUT2D eigenvalue weighted by Crippen LogP contribution is 2.23. The number of aromatic nitrogens is 2. The van der Waals surface area contributed by atoms with Crippen molar-refractivity contribution in [3.05, 3.63) is 42.0 Å². The zero-order valence-electron chi connectivity index (χ0n) is 14.7. The van der Waals surface area contributed by atoms with Crippen LogP contribution in [0, 0.1) is 11.2 Å². The third-order valence-electron chi connectivity index (χ3n) is 3.53. The van der Waals surface area contributed by atoms with E-state index in [2.05, 4.69) is 5.10 Å². The topological polar surface area (TPSA) is 78.6 Å². The fourth-order valence-corrected chi connectivity index (χ4v) is 2.48. The Balaban J connectivity index is 2.28. The number of carbonyl (C=O) groups is 1. The number of halogens is 1. The number of nitrogens with zero attached hydrogens (tertiary/aromatic N) is 3. The molecule has 1 aromatic heterocycles. The van der Waals surface area contributed by atoms with E-state index in [0.717, 1.165) is 0 Å². The normalized spacial score (nSPS) is 11.6. The Morgan fingerprint density at radius 1 is 1.28 bits per heavy atom. The van der Waals surface area contributed by atoms with Crippen LogP contribution in [-0.2, 0) is 0 Å². The van der Waals surface area contributed by atoms with Crippen molar-refractivity contribution < 1.29 is 19.4 Å². The summed E-state index contributed by atoms with van der Waals surface area (Å²) < 4.78 is 14.4. The van der Waals surface area contributed by atoms with Gasteiger partial charge in [-0.15, -0.1) is 0 Å². The SMILES string of the molecule is CC(C)(C)CN(CCCO)C(=O)c1nn(-c2ccc(F)cc2)cc1O. The van der Waals surface area contributed by atoms with Gasteiger partial charge in [-0.25, -0.2) is 9.07 Å². The van der Waals surface area contributed by atoms with E-state index in [0.29, 0.717) is 25.2 Å². The van der Waals surface area contributed by atoms with Crippen LogP contribution in [0.1, 0.15) is 37.7 Å². The molecule has 0 saturated carbocycles. The molecule has 0 saturated heterocycles. The third kappa shape index (κ3) is 5.03. The summed E-state index contributed by atoms with van der Waals surface area (Å²) in [7, 11) is 0. The van der Waals surface area contributed by atoms with E-state index >= 15 is 0 Å². The second kappa shape index (κ2) is 7.65. The first-order valence-corrected chi connectivity index (χ1v) is 8.16. The van der Waals surface area contributed by atoms with Gasteiger partial charge in [0.1, 0.15) is 5.82 Å². The van der Waals surface area contributed by atoms with E-state index in [9.17, 15) is 14.3 Å². The number of carbonyl (C=O) groups excluding carboxylic acids is 1. The minimum Gasteiger partial charge on any atom is -0.504 e. The monoisotopic (exact) mass is 349 g/mol. The van der Waals surface area contributed by atoms with E-state index in [-0.39, 0.29) is 29.3 Å². The average Bonchev–Trinajstić information content (AvgIpc) is 2.92. The fourth-order valence-electron chi connectivity index (χ4n) is 2.48. The Morgan fingerprint density at radius 3 is 2.48 bits per heavy atom. The molecule has 1 amide bonds. The van der Waals surface area contributed by atoms with Crippen LogP contribution >= 0.6 is 0 Å². The predicted molar refractivity (Wildman–Crippen MR) is 92.2 cm³/mol. The fraction of sp³-hybridized carbons (Fsp3) is 0.444. The Bertz CT molecular complexity index is 720. The van der Waals surface area contributed by atoms with Gasteiger partial charge >= 0.3 is 0 Å². The minimum absolute atomic E-state index is 0.0239. The van der Waals surface area contributed by atoms with Crippen molar-refractivity contribution in [2.75, 3.05) is 19.7 Å². The molecule has 0 fully saturated rings. The van der Waals surface area contributed by atoms with E-state index in [1.165, 1.54) is 35.1 Å². The molecule has 2 aromatic rings. The van der Waals surface area contributed by atoms with Crippen molar-refractivity contribution >= 4 is 5.91 Å². The molecule has 0 atom stereocenters. The lowest BCUT2D eigenvalue weighted by molar-refractivity contribution is 0.0673. The van der Waals surface area contributed by atoms with Gasteiger partial charge in [0.05, 0.1) is 11.9 Å². The average molecular weight is 349 g/mol. The molecule has 0 bridgehead atoms. The first-order valence-electron chi connectivity index (χ1n) is 8.16. The highest BCUT2D eigenvalue weighted by molar-refractivity contribution is 5.94. The van der Waals surface area contributed by atoms with Crippen LogP contribution in [0.4, 0.5) is 4.39 Å². The Hall–Kier alpha value is -2.41. The highest BCUT2D eigenvalue weighted by Gasteiger charge is 2.26. The van der Waals surface area contributed by atoms with E-state index in [1.807, 2.05) is 20.8 Å². The van der Waals surface area contributed by atoms with Crippen LogP contribution in [0.3, 0.4) is 0 Å². The quantitative estimate of drug-likeness (QED) is 0.840. The maximum atomic E-state index is 13.0. The number of hydrogen-bond acceptors (Lipinski definition) is 4. The van der Waals surface area contributed by atoms with E-state index in [1.54, 1.807) is 4.90 Å². The van der Waals surface area contributed by atoms with Crippen LogP contribution in [0.25, 0.3) is 5.69 Å². The van der Waals surface area contributed by atoms with Gasteiger partial charge in [-0.05, 0) is 36.1 Å². The summed E-state index contributed by atoms with van der Waals surface area (Å²) in [5.41, 5.74) is 0.334. The number of amides is 1. The molecule has 2 N–H and O–H groups in total. The molecule has 25 heavy (non-hydrogen) atoms. The summed E-state index contributed by atoms with van der Waals surface area (Å²) >= 11 is 0. The van der Waals surface area contributed by atoms with Crippen molar-refractivity contribution in [3.8, 4) is 11.4 Å². The van der Waals surface area contributed by atoms with Crippen molar-refractivity contribution in [3.63, 3.8) is 0 Å². The summed E-state index contributed by atoms with van der Waals surface area (Å²) in [6, 6.07) is 5.58. The number of aromatic hydroxyl groups is 1. The summed E-state index contributed by atoms with van der Waals surface area (Å²) in [6.07, 6.45) is 1.77. The maximum absolute atomic E-state index is 13.0. The number of aliphatic hydroxyl groups is 1. The second-order valence-corrected chi connectivity index (χ2v) is 7.15. The van der Waals surface area contributed by atoms with Crippen molar-refractivity contribution in [1.29, 1.82) is 0 Å². The summed E-state index contributed by atoms with van der Waals surface area (Å²) in [5, 5.41) is 23.4. The molecule has 0 aliphatic rings. The van der Waals surface area contributed by atoms with Crippen molar-refractivity contribution in [2.24, 2.45) is 5.41 Å². The zero-order chi connectivity index (χ0) is 18.6. The van der Waals surface area contributed by atoms with Gasteiger partial charge in [-0.1, -0.05) is 20.8 Å². The molecule has 0 spiro atoms. The molecule has 136 valence electrons. The molecular weight excluding hydrogens is 325 g/mol. The van der Waals surface area contributed by atoms with Crippen LogP contribution in [-0.4, -0.2) is 50.5 Å². The third-order valence-corrected chi connectivity index (χ3v) is 3.53. The summed E-state index contributed by atoms with van der Waals surface area (Å²) in [6.45, 7) is 6.82. The molecule has 0 aliphatic heterocycles. The number of aliphatic hydroxyl groups excluding tert-OH is 1. The van der Waals surface area contributed by atoms with Crippen molar-refractivity contribution in [2.45, 2.75) is 27.2 Å². The highest BCUT2D eigenvalue weighted by atomic mass is 19.1. The van der Waals surface area contributed by atoms with Gasteiger partial charge in [0.2, 0.25) is 0 Å². The van der Waals surface area contributed by atoms with E-state index in [4.69, 9.17) is 5.11 Å². The summed E-state index contributed by atoms with van der Waals surface area (Å²) in [5.74, 6) is -1.02. The van der Waals surface area contributed by atoms with Gasteiger partial charge in [0.15, 0.2) is 11.4 Å². The predicted octanol–water partition coefficient (Wildman–Crippen LogP) is 2.59. The minimum atomic E-state index is -0.401. The van der Waals surface area contributed by atoms with Gasteiger partial charge < -0.3 is 15.1 Å². The molecule has 1 aromatic carbocycles. The van der Waals surface area contributed by atoms with E-state index < -0.39 is 5.91 Å². The Labute approximate surface area is 146 Å². The van der Waals surface area contributed by atoms with Crippen LogP contribution < -0.4 is 0 Å². The molecule has 7 heteroatoms.